The highest BCUT2D eigenvalue weighted by Gasteiger charge is 2.52. The molecule has 0 aromatic heterocycles. The molecular formula is C21H26O6. The maximum absolute atomic E-state index is 12.5. The first-order valence-corrected chi connectivity index (χ1v) is 9.22. The van der Waals surface area contributed by atoms with E-state index in [0.717, 1.165) is 12.0 Å². The first kappa shape index (κ1) is 19.6. The van der Waals surface area contributed by atoms with Crippen LogP contribution in [-0.2, 0) is 19.1 Å². The number of esters is 2. The van der Waals surface area contributed by atoms with Gasteiger partial charge in [0.25, 0.3) is 0 Å². The lowest BCUT2D eigenvalue weighted by Gasteiger charge is -2.35. The molecule has 1 heterocycles. The van der Waals surface area contributed by atoms with Crippen LogP contribution in [0.4, 0.5) is 0 Å². The van der Waals surface area contributed by atoms with Gasteiger partial charge in [0.15, 0.2) is 0 Å². The van der Waals surface area contributed by atoms with Gasteiger partial charge in [0.2, 0.25) is 0 Å². The van der Waals surface area contributed by atoms with Crippen LogP contribution in [0.3, 0.4) is 0 Å². The Morgan fingerprint density at radius 1 is 1.37 bits per heavy atom. The summed E-state index contributed by atoms with van der Waals surface area (Å²) in [5.74, 6) is -1.29. The van der Waals surface area contributed by atoms with Crippen molar-refractivity contribution >= 4 is 11.9 Å². The van der Waals surface area contributed by atoms with Gasteiger partial charge in [-0.2, -0.15) is 0 Å². The van der Waals surface area contributed by atoms with E-state index < -0.39 is 36.7 Å². The maximum Gasteiger partial charge on any atom is 0.336 e. The zero-order valence-electron chi connectivity index (χ0n) is 15.7. The van der Waals surface area contributed by atoms with Gasteiger partial charge >= 0.3 is 11.9 Å². The third-order valence-electron chi connectivity index (χ3n) is 5.77. The molecule has 0 amide bonds. The van der Waals surface area contributed by atoms with Gasteiger partial charge in [0, 0.05) is 17.9 Å². The topological polar surface area (TPSA) is 93.1 Å². The number of carbonyl (C=O) groups is 2. The molecule has 0 aromatic carbocycles. The van der Waals surface area contributed by atoms with E-state index in [2.05, 4.69) is 18.7 Å². The van der Waals surface area contributed by atoms with Gasteiger partial charge in [-0.1, -0.05) is 29.9 Å². The Labute approximate surface area is 158 Å². The Morgan fingerprint density at radius 2 is 2.11 bits per heavy atom. The summed E-state index contributed by atoms with van der Waals surface area (Å²) in [5, 5.41) is 18.4. The molecular weight excluding hydrogens is 348 g/mol. The molecule has 0 saturated carbocycles. The van der Waals surface area contributed by atoms with Crippen LogP contribution < -0.4 is 0 Å². The fraction of sp³-hybridized carbons (Fsp3) is 0.524. The Hall–Kier alpha value is -2.18. The normalized spacial score (nSPS) is 35.3. The molecule has 3 aliphatic rings. The van der Waals surface area contributed by atoms with E-state index in [1.807, 2.05) is 13.8 Å². The Kier molecular flexibility index (Phi) is 5.67. The van der Waals surface area contributed by atoms with Crippen molar-refractivity contribution < 1.29 is 29.3 Å². The van der Waals surface area contributed by atoms with Crippen LogP contribution in [0.2, 0.25) is 0 Å². The molecule has 1 fully saturated rings. The van der Waals surface area contributed by atoms with Crippen molar-refractivity contribution in [1.82, 2.24) is 0 Å². The minimum absolute atomic E-state index is 0.0107. The Morgan fingerprint density at radius 3 is 2.78 bits per heavy atom. The van der Waals surface area contributed by atoms with E-state index in [1.54, 1.807) is 0 Å². The number of fused-ring (bicyclic) bond motifs is 3. The quantitative estimate of drug-likeness (QED) is 0.443. The molecule has 0 spiro atoms. The predicted molar refractivity (Wildman–Crippen MR) is 98.4 cm³/mol. The average Bonchev–Trinajstić information content (AvgIpc) is 3.10. The van der Waals surface area contributed by atoms with Crippen LogP contribution in [0.25, 0.3) is 0 Å². The molecule has 27 heavy (non-hydrogen) atoms. The van der Waals surface area contributed by atoms with E-state index >= 15 is 0 Å². The number of rotatable bonds is 4. The molecule has 6 nitrogen and oxygen atoms in total. The lowest BCUT2D eigenvalue weighted by molar-refractivity contribution is -0.149. The van der Waals surface area contributed by atoms with Crippen LogP contribution in [-0.4, -0.2) is 47.6 Å². The molecule has 1 saturated heterocycles. The highest BCUT2D eigenvalue weighted by molar-refractivity contribution is 5.92. The van der Waals surface area contributed by atoms with E-state index in [4.69, 9.17) is 14.6 Å². The van der Waals surface area contributed by atoms with Gasteiger partial charge in [-0.3, -0.25) is 0 Å². The Bertz CT molecular complexity index is 744. The molecule has 6 heteroatoms. The lowest BCUT2D eigenvalue weighted by atomic mass is 9.74. The number of allylic oxidation sites excluding steroid dienone is 2. The number of hydrogen-bond acceptors (Lipinski definition) is 6. The highest BCUT2D eigenvalue weighted by atomic mass is 16.6. The third-order valence-corrected chi connectivity index (χ3v) is 5.77. The summed E-state index contributed by atoms with van der Waals surface area (Å²) in [6, 6.07) is 0. The van der Waals surface area contributed by atoms with Crippen molar-refractivity contribution in [3.63, 3.8) is 0 Å². The molecule has 0 radical (unpaired) electrons. The second-order valence-corrected chi connectivity index (χ2v) is 7.53. The summed E-state index contributed by atoms with van der Waals surface area (Å²) in [4.78, 5) is 24.7. The molecule has 0 aromatic rings. The largest absolute Gasteiger partial charge is 0.458 e. The lowest BCUT2D eigenvalue weighted by Crippen LogP contribution is -2.40. The summed E-state index contributed by atoms with van der Waals surface area (Å²) in [6.45, 7) is 7.03. The minimum Gasteiger partial charge on any atom is -0.458 e. The second kappa shape index (κ2) is 7.82. The standard InChI is InChI=1S/C21H26O6/c1-11-8-14-5-4-12(2)17(14)19-18(13(3)20(24)27-19)16(9-11)26-21(25)15(10-23)6-7-22/h4,6,8,14,16-19,22-23H,3,5,7,9-10H2,1-2H3/b11-8-,15-6+/t14?,16-,17?,18?,19?/m0/s1. The van der Waals surface area contributed by atoms with Gasteiger partial charge in [0.05, 0.1) is 24.7 Å². The molecule has 4 unspecified atom stereocenters. The highest BCUT2D eigenvalue weighted by Crippen LogP contribution is 2.47. The molecule has 3 rings (SSSR count). The van der Waals surface area contributed by atoms with Crippen molar-refractivity contribution in [2.75, 3.05) is 13.2 Å². The molecule has 2 N–H and O–H groups in total. The van der Waals surface area contributed by atoms with Crippen LogP contribution >= 0.6 is 0 Å². The van der Waals surface area contributed by atoms with Crippen molar-refractivity contribution in [2.24, 2.45) is 17.8 Å². The fourth-order valence-corrected chi connectivity index (χ4v) is 4.48. The number of aliphatic hydroxyl groups excluding tert-OH is 2. The van der Waals surface area contributed by atoms with Crippen molar-refractivity contribution in [2.45, 2.75) is 38.9 Å². The number of aliphatic hydroxyl groups is 2. The summed E-state index contributed by atoms with van der Waals surface area (Å²) in [6.07, 6.45) is 5.89. The van der Waals surface area contributed by atoms with Crippen molar-refractivity contribution in [3.8, 4) is 0 Å². The minimum atomic E-state index is -0.703. The number of ether oxygens (including phenoxy) is 2. The second-order valence-electron chi connectivity index (χ2n) is 7.53. The van der Waals surface area contributed by atoms with Crippen molar-refractivity contribution in [1.29, 1.82) is 0 Å². The first-order valence-electron chi connectivity index (χ1n) is 9.22. The molecule has 146 valence electrons. The summed E-state index contributed by atoms with van der Waals surface area (Å²) < 4.78 is 11.4. The van der Waals surface area contributed by atoms with Gasteiger partial charge < -0.3 is 19.7 Å². The monoisotopic (exact) mass is 374 g/mol. The van der Waals surface area contributed by atoms with Gasteiger partial charge in [-0.15, -0.1) is 0 Å². The molecule has 1 aliphatic heterocycles. The van der Waals surface area contributed by atoms with E-state index in [-0.39, 0.29) is 24.0 Å². The summed E-state index contributed by atoms with van der Waals surface area (Å²) in [5.41, 5.74) is 2.56. The smallest absolute Gasteiger partial charge is 0.336 e. The third kappa shape index (κ3) is 3.64. The predicted octanol–water partition coefficient (Wildman–Crippen LogP) is 1.84. The van der Waals surface area contributed by atoms with E-state index in [9.17, 15) is 14.7 Å². The molecule has 0 bridgehead atoms. The summed E-state index contributed by atoms with van der Waals surface area (Å²) in [7, 11) is 0. The fourth-order valence-electron chi connectivity index (χ4n) is 4.48. The van der Waals surface area contributed by atoms with Gasteiger partial charge in [0.1, 0.15) is 12.2 Å². The zero-order valence-corrected chi connectivity index (χ0v) is 15.7. The number of hydrogen-bond donors (Lipinski definition) is 2. The average molecular weight is 374 g/mol. The van der Waals surface area contributed by atoms with Crippen LogP contribution in [0.5, 0.6) is 0 Å². The van der Waals surface area contributed by atoms with Crippen LogP contribution in [0.1, 0.15) is 26.7 Å². The summed E-state index contributed by atoms with van der Waals surface area (Å²) >= 11 is 0. The van der Waals surface area contributed by atoms with Gasteiger partial charge in [-0.05, 0) is 32.3 Å². The van der Waals surface area contributed by atoms with Gasteiger partial charge in [-0.25, -0.2) is 9.59 Å². The zero-order chi connectivity index (χ0) is 19.7. The van der Waals surface area contributed by atoms with Crippen LogP contribution in [0.15, 0.2) is 47.1 Å². The Balaban J connectivity index is 1.95. The van der Waals surface area contributed by atoms with Crippen LogP contribution in [0, 0.1) is 17.8 Å². The maximum atomic E-state index is 12.5. The number of carbonyl (C=O) groups excluding carboxylic acids is 2. The molecule has 2 aliphatic carbocycles. The van der Waals surface area contributed by atoms with E-state index in [1.165, 1.54) is 11.6 Å². The SMILES string of the molecule is C=C1C(=O)OC2C3C(C)=CCC3/C=C(/C)C[C@H](OC(=O)/C(=C/CO)CO)C12. The van der Waals surface area contributed by atoms with Crippen molar-refractivity contribution in [3.05, 3.63) is 47.1 Å². The van der Waals surface area contributed by atoms with E-state index in [0.29, 0.717) is 12.0 Å². The molecule has 5 atom stereocenters. The first-order chi connectivity index (χ1) is 12.9.